The van der Waals surface area contributed by atoms with Crippen LogP contribution in [-0.4, -0.2) is 52.1 Å². The monoisotopic (exact) mass is 594 g/mol. The highest BCUT2D eigenvalue weighted by molar-refractivity contribution is 6.21. The van der Waals surface area contributed by atoms with E-state index in [0.29, 0.717) is 0 Å². The highest BCUT2D eigenvalue weighted by atomic mass is 35.5. The number of aromatic nitrogens is 2. The second kappa shape index (κ2) is 15.1. The van der Waals surface area contributed by atoms with Gasteiger partial charge in [0.1, 0.15) is 5.82 Å². The van der Waals surface area contributed by atoms with Crippen LogP contribution in [0.1, 0.15) is 47.3 Å². The molecule has 206 valence electrons. The number of fused-ring (bicyclic) bond motifs is 1. The first-order valence-corrected chi connectivity index (χ1v) is 13.2. The second-order valence-electron chi connectivity index (χ2n) is 9.59. The normalized spacial score (nSPS) is 14.9. The summed E-state index contributed by atoms with van der Waals surface area (Å²) in [5.74, 6) is 1.08. The lowest BCUT2D eigenvalue weighted by molar-refractivity contribution is 0.109. The van der Waals surface area contributed by atoms with Crippen molar-refractivity contribution in [1.82, 2.24) is 19.4 Å². The smallest absolute Gasteiger partial charge is 0.106 e. The number of imidazole rings is 1. The summed E-state index contributed by atoms with van der Waals surface area (Å²) in [6.07, 6.45) is 1.10. The molecular weight excluding hydrogens is 558 g/mol. The first kappa shape index (κ1) is 32.4. The quantitative estimate of drug-likeness (QED) is 0.195. The Morgan fingerprint density at radius 1 is 0.789 bits per heavy atom. The van der Waals surface area contributed by atoms with Gasteiger partial charge >= 0.3 is 0 Å². The van der Waals surface area contributed by atoms with E-state index < -0.39 is 0 Å². The molecule has 0 bridgehead atoms. The van der Waals surface area contributed by atoms with E-state index in [2.05, 4.69) is 107 Å². The van der Waals surface area contributed by atoms with E-state index in [1.54, 1.807) is 0 Å². The van der Waals surface area contributed by atoms with Gasteiger partial charge in [0.05, 0.1) is 22.5 Å². The lowest BCUT2D eigenvalue weighted by Gasteiger charge is -2.40. The molecule has 0 saturated carbocycles. The number of halogens is 4. The minimum atomic E-state index is -0.0402. The van der Waals surface area contributed by atoms with Crippen molar-refractivity contribution in [2.75, 3.05) is 32.7 Å². The van der Waals surface area contributed by atoms with Crippen LogP contribution >= 0.6 is 48.8 Å². The summed E-state index contributed by atoms with van der Waals surface area (Å²) < 4.78 is 2.30. The van der Waals surface area contributed by atoms with E-state index in [-0.39, 0.29) is 48.6 Å². The summed E-state index contributed by atoms with van der Waals surface area (Å²) in [6.45, 7) is 10.2. The predicted octanol–water partition coefficient (Wildman–Crippen LogP) is 7.71. The van der Waals surface area contributed by atoms with Crippen LogP contribution in [0.3, 0.4) is 0 Å². The van der Waals surface area contributed by atoms with Gasteiger partial charge in [0.2, 0.25) is 0 Å². The molecule has 8 heteroatoms. The van der Waals surface area contributed by atoms with Crippen LogP contribution in [0.5, 0.6) is 0 Å². The number of alkyl halides is 1. The lowest BCUT2D eigenvalue weighted by Crippen LogP contribution is -2.48. The summed E-state index contributed by atoms with van der Waals surface area (Å²) in [5.41, 5.74) is 6.13. The number of rotatable bonds is 8. The molecule has 1 fully saturated rings. The van der Waals surface area contributed by atoms with E-state index in [1.807, 2.05) is 0 Å². The van der Waals surface area contributed by atoms with Gasteiger partial charge in [0.25, 0.3) is 0 Å². The van der Waals surface area contributed by atoms with Crippen LogP contribution < -0.4 is 0 Å². The van der Waals surface area contributed by atoms with Crippen molar-refractivity contribution in [3.8, 4) is 0 Å². The number of nitrogens with zero attached hydrogens (tertiary/aromatic N) is 4. The highest BCUT2D eigenvalue weighted by Crippen LogP contribution is 2.31. The first-order valence-electron chi connectivity index (χ1n) is 12.8. The molecule has 1 saturated heterocycles. The molecule has 4 nitrogen and oxygen atoms in total. The fourth-order valence-corrected chi connectivity index (χ4v) is 5.72. The van der Waals surface area contributed by atoms with E-state index >= 15 is 0 Å². The first-order chi connectivity index (χ1) is 17.1. The highest BCUT2D eigenvalue weighted by Gasteiger charge is 2.27. The van der Waals surface area contributed by atoms with Gasteiger partial charge in [0, 0.05) is 39.3 Å². The molecule has 38 heavy (non-hydrogen) atoms. The molecule has 1 atom stereocenters. The number of aryl methyl sites for hydroxylation is 2. The lowest BCUT2D eigenvalue weighted by atomic mass is 9.96. The van der Waals surface area contributed by atoms with Crippen molar-refractivity contribution >= 4 is 59.9 Å². The third-order valence-corrected chi connectivity index (χ3v) is 7.58. The molecule has 4 aromatic rings. The number of benzene rings is 3. The minimum absolute atomic E-state index is 0. The van der Waals surface area contributed by atoms with Gasteiger partial charge in [-0.2, -0.15) is 0 Å². The van der Waals surface area contributed by atoms with Crippen LogP contribution in [0.25, 0.3) is 11.0 Å². The van der Waals surface area contributed by atoms with Crippen molar-refractivity contribution in [2.24, 2.45) is 0 Å². The van der Waals surface area contributed by atoms with Crippen LogP contribution in [0.2, 0.25) is 0 Å². The van der Waals surface area contributed by atoms with Crippen molar-refractivity contribution in [1.29, 1.82) is 0 Å². The average Bonchev–Trinajstić information content (AvgIpc) is 3.21. The van der Waals surface area contributed by atoms with Crippen molar-refractivity contribution in [3.05, 3.63) is 101 Å². The molecule has 1 aromatic heterocycles. The van der Waals surface area contributed by atoms with Gasteiger partial charge in [-0.1, -0.05) is 73.7 Å². The molecule has 1 aliphatic rings. The van der Waals surface area contributed by atoms with E-state index in [0.717, 1.165) is 62.6 Å². The second-order valence-corrected chi connectivity index (χ2v) is 10.1. The maximum Gasteiger partial charge on any atom is 0.106 e. The van der Waals surface area contributed by atoms with Crippen LogP contribution in [0, 0.1) is 6.92 Å². The van der Waals surface area contributed by atoms with Gasteiger partial charge in [-0.25, -0.2) is 4.98 Å². The summed E-state index contributed by atoms with van der Waals surface area (Å²) in [6, 6.07) is 28.6. The summed E-state index contributed by atoms with van der Waals surface area (Å²) in [5, 5.41) is -0.0402. The molecule has 1 aliphatic heterocycles. The zero-order valence-corrected chi connectivity index (χ0v) is 25.2. The molecule has 2 heterocycles. The largest absolute Gasteiger partial charge is 0.328 e. The van der Waals surface area contributed by atoms with Gasteiger partial charge in [-0.3, -0.25) is 9.80 Å². The van der Waals surface area contributed by atoms with Crippen LogP contribution in [-0.2, 0) is 6.54 Å². The van der Waals surface area contributed by atoms with Gasteiger partial charge in [0.15, 0.2) is 0 Å². The molecule has 0 aliphatic carbocycles. The zero-order chi connectivity index (χ0) is 24.2. The molecular formula is C30H38Cl4N4. The minimum Gasteiger partial charge on any atom is -0.328 e. The SMILES string of the molecule is CCCn1c(C)nc2cc(C(Cl)CN3CCN(C(c4ccccc4)c4ccccc4)CC3)ccc21.Cl.Cl.Cl. The van der Waals surface area contributed by atoms with E-state index in [4.69, 9.17) is 16.6 Å². The molecule has 5 rings (SSSR count). The molecule has 0 radical (unpaired) electrons. The Labute approximate surface area is 250 Å². The van der Waals surface area contributed by atoms with E-state index in [1.165, 1.54) is 16.6 Å². The molecule has 0 spiro atoms. The van der Waals surface area contributed by atoms with Gasteiger partial charge in [-0.15, -0.1) is 48.8 Å². The Hall–Kier alpha value is -1.79. The summed E-state index contributed by atoms with van der Waals surface area (Å²) >= 11 is 6.95. The Bertz CT molecular complexity index is 1200. The van der Waals surface area contributed by atoms with Crippen LogP contribution in [0.4, 0.5) is 0 Å². The summed E-state index contributed by atoms with van der Waals surface area (Å²) in [7, 11) is 0. The third-order valence-electron chi connectivity index (χ3n) is 7.19. The van der Waals surface area contributed by atoms with Gasteiger partial charge < -0.3 is 4.57 Å². The fraction of sp³-hybridized carbons (Fsp3) is 0.367. The Kier molecular flexibility index (Phi) is 12.9. The Balaban J connectivity index is 0.00000169. The number of hydrogen-bond acceptors (Lipinski definition) is 3. The van der Waals surface area contributed by atoms with Crippen LogP contribution in [0.15, 0.2) is 78.9 Å². The Morgan fingerprint density at radius 3 is 1.92 bits per heavy atom. The maximum absolute atomic E-state index is 6.95. The van der Waals surface area contributed by atoms with Gasteiger partial charge in [-0.05, 0) is 42.2 Å². The van der Waals surface area contributed by atoms with Crippen molar-refractivity contribution in [2.45, 2.75) is 38.2 Å². The number of hydrogen-bond donors (Lipinski definition) is 0. The van der Waals surface area contributed by atoms with Crippen molar-refractivity contribution in [3.63, 3.8) is 0 Å². The Morgan fingerprint density at radius 2 is 1.37 bits per heavy atom. The maximum atomic E-state index is 6.95. The molecule has 0 amide bonds. The average molecular weight is 596 g/mol. The standard InChI is InChI=1S/C30H35ClN4.3ClH/c1-3-16-35-23(2)32-28-21-26(14-15-29(28)35)27(31)22-33-17-19-34(20-18-33)30(24-10-6-4-7-11-24)25-12-8-5-9-13-25;;;/h4-15,21,27,30H,3,16-20,22H2,1-2H3;3*1H. The topological polar surface area (TPSA) is 24.3 Å². The number of piperazine rings is 1. The molecule has 0 N–H and O–H groups in total. The molecule has 3 aromatic carbocycles. The van der Waals surface area contributed by atoms with Crippen molar-refractivity contribution < 1.29 is 0 Å². The molecule has 1 unspecified atom stereocenters. The predicted molar refractivity (Wildman–Crippen MR) is 168 cm³/mol. The summed E-state index contributed by atoms with van der Waals surface area (Å²) in [4.78, 5) is 9.91. The zero-order valence-electron chi connectivity index (χ0n) is 22.0. The fourth-order valence-electron chi connectivity index (χ4n) is 5.39. The third kappa shape index (κ3) is 7.24. The van der Waals surface area contributed by atoms with E-state index in [9.17, 15) is 0 Å².